The lowest BCUT2D eigenvalue weighted by atomic mass is 9.85. The lowest BCUT2D eigenvalue weighted by molar-refractivity contribution is 0.327. The zero-order valence-corrected chi connectivity index (χ0v) is 35.6. The van der Waals surface area contributed by atoms with E-state index in [4.69, 9.17) is 4.99 Å². The molecule has 11 rings (SSSR count). The second-order valence-electron chi connectivity index (χ2n) is 17.2. The van der Waals surface area contributed by atoms with Gasteiger partial charge in [-0.3, -0.25) is 4.99 Å². The summed E-state index contributed by atoms with van der Waals surface area (Å²) in [4.78, 5) is 5.30. The van der Waals surface area contributed by atoms with E-state index in [2.05, 4.69) is 181 Å². The van der Waals surface area contributed by atoms with Gasteiger partial charge in [0.1, 0.15) is 11.5 Å². The van der Waals surface area contributed by atoms with E-state index >= 15 is 0 Å². The molecular formula is C60H48N2O2. The van der Waals surface area contributed by atoms with E-state index < -0.39 is 0 Å². The van der Waals surface area contributed by atoms with E-state index in [0.29, 0.717) is 17.9 Å². The predicted octanol–water partition coefficient (Wildman–Crippen LogP) is 14.9. The van der Waals surface area contributed by atoms with Crippen LogP contribution in [0.3, 0.4) is 0 Å². The quantitative estimate of drug-likeness (QED) is 0.127. The van der Waals surface area contributed by atoms with Crippen molar-refractivity contribution in [3.05, 3.63) is 205 Å². The van der Waals surface area contributed by atoms with E-state index in [1.807, 2.05) is 24.4 Å². The van der Waals surface area contributed by atoms with Crippen LogP contribution in [-0.2, 0) is 6.54 Å². The van der Waals surface area contributed by atoms with E-state index in [1.165, 1.54) is 0 Å². The molecule has 10 aromatic rings. The van der Waals surface area contributed by atoms with Crippen molar-refractivity contribution in [3.63, 3.8) is 0 Å². The highest BCUT2D eigenvalue weighted by Gasteiger charge is 2.27. The summed E-state index contributed by atoms with van der Waals surface area (Å²) in [7, 11) is 0. The molecular weight excluding hydrogens is 781 g/mol. The predicted molar refractivity (Wildman–Crippen MR) is 268 cm³/mol. The summed E-state index contributed by atoms with van der Waals surface area (Å²) in [5.74, 6) is 0.528. The van der Waals surface area contributed by atoms with Crippen molar-refractivity contribution in [2.75, 3.05) is 0 Å². The molecule has 4 heteroatoms. The highest BCUT2D eigenvalue weighted by atomic mass is 16.3. The molecule has 1 saturated carbocycles. The Hall–Kier alpha value is -7.53. The van der Waals surface area contributed by atoms with Crippen LogP contribution in [0, 0.1) is 0 Å². The number of rotatable bonds is 9. The fourth-order valence-electron chi connectivity index (χ4n) is 10.2. The van der Waals surface area contributed by atoms with Crippen LogP contribution in [0.1, 0.15) is 36.8 Å². The summed E-state index contributed by atoms with van der Waals surface area (Å²) in [6, 6.07) is 67.6. The molecule has 0 bridgehead atoms. The van der Waals surface area contributed by atoms with Crippen molar-refractivity contribution in [2.24, 2.45) is 4.99 Å². The van der Waals surface area contributed by atoms with Gasteiger partial charge in [-0.1, -0.05) is 195 Å². The van der Waals surface area contributed by atoms with E-state index in [0.717, 1.165) is 119 Å². The SMILES string of the molecule is Oc1c(C=N[C@@H]2CCCCC2NCc2cc3ccccc3c(-c3c(-c4ccccc4)ccc4ccccc34)c2O)cc2ccccc2c1-c1c(-c2ccccc2)ccc2ccccc12. The molecule has 0 aromatic heterocycles. The van der Waals surface area contributed by atoms with Gasteiger partial charge in [0.15, 0.2) is 0 Å². The number of aliphatic imine (C=N–C) groups is 1. The van der Waals surface area contributed by atoms with E-state index in [1.54, 1.807) is 0 Å². The molecule has 1 aliphatic carbocycles. The Labute approximate surface area is 373 Å². The number of phenolic OH excluding ortho intramolecular Hbond substituents is 2. The third kappa shape index (κ3) is 7.16. The Morgan fingerprint density at radius 1 is 0.453 bits per heavy atom. The summed E-state index contributed by atoms with van der Waals surface area (Å²) < 4.78 is 0. The number of benzene rings is 10. The fraction of sp³-hybridized carbons (Fsp3) is 0.117. The summed E-state index contributed by atoms with van der Waals surface area (Å²) in [5.41, 5.74) is 9.64. The van der Waals surface area contributed by atoms with Gasteiger partial charge in [-0.2, -0.15) is 0 Å². The number of aromatic hydroxyl groups is 2. The van der Waals surface area contributed by atoms with Gasteiger partial charge in [0.2, 0.25) is 0 Å². The summed E-state index contributed by atoms with van der Waals surface area (Å²) >= 11 is 0. The molecule has 310 valence electrons. The molecule has 0 aliphatic heterocycles. The Kier molecular flexibility index (Phi) is 10.4. The first-order valence-electron chi connectivity index (χ1n) is 22.5. The third-order valence-corrected chi connectivity index (χ3v) is 13.4. The number of phenols is 2. The highest BCUT2D eigenvalue weighted by Crippen LogP contribution is 2.48. The maximum atomic E-state index is 12.5. The van der Waals surface area contributed by atoms with Gasteiger partial charge < -0.3 is 15.5 Å². The maximum Gasteiger partial charge on any atom is 0.132 e. The highest BCUT2D eigenvalue weighted by molar-refractivity contribution is 6.15. The number of fused-ring (bicyclic) bond motifs is 4. The van der Waals surface area contributed by atoms with Crippen molar-refractivity contribution in [1.82, 2.24) is 5.32 Å². The number of nitrogens with zero attached hydrogens (tertiary/aromatic N) is 1. The molecule has 3 N–H and O–H groups in total. The molecule has 1 aliphatic rings. The maximum absolute atomic E-state index is 12.5. The lowest BCUT2D eigenvalue weighted by Gasteiger charge is -2.30. The van der Waals surface area contributed by atoms with Crippen molar-refractivity contribution >= 4 is 49.3 Å². The van der Waals surface area contributed by atoms with Crippen molar-refractivity contribution in [2.45, 2.75) is 44.3 Å². The van der Waals surface area contributed by atoms with Crippen molar-refractivity contribution in [1.29, 1.82) is 0 Å². The zero-order valence-electron chi connectivity index (χ0n) is 35.6. The van der Waals surface area contributed by atoms with Crippen LogP contribution in [0.5, 0.6) is 11.5 Å². The van der Waals surface area contributed by atoms with Crippen LogP contribution in [0.15, 0.2) is 199 Å². The molecule has 0 amide bonds. The van der Waals surface area contributed by atoms with Gasteiger partial charge in [0, 0.05) is 52.2 Å². The van der Waals surface area contributed by atoms with Gasteiger partial charge in [-0.15, -0.1) is 0 Å². The smallest absolute Gasteiger partial charge is 0.132 e. The van der Waals surface area contributed by atoms with Crippen LogP contribution < -0.4 is 5.32 Å². The molecule has 0 saturated heterocycles. The van der Waals surface area contributed by atoms with Gasteiger partial charge >= 0.3 is 0 Å². The molecule has 1 unspecified atom stereocenters. The molecule has 0 radical (unpaired) electrons. The van der Waals surface area contributed by atoms with Crippen LogP contribution in [0.2, 0.25) is 0 Å². The van der Waals surface area contributed by atoms with Crippen molar-refractivity contribution in [3.8, 4) is 56.0 Å². The summed E-state index contributed by atoms with van der Waals surface area (Å²) in [6.07, 6.45) is 5.99. The Balaban J connectivity index is 0.970. The average molecular weight is 829 g/mol. The number of nitrogens with one attached hydrogen (secondary N) is 1. The molecule has 4 nitrogen and oxygen atoms in total. The van der Waals surface area contributed by atoms with Gasteiger partial charge in [0.25, 0.3) is 0 Å². The van der Waals surface area contributed by atoms with Crippen molar-refractivity contribution < 1.29 is 10.2 Å². The number of hydrogen-bond donors (Lipinski definition) is 3. The second kappa shape index (κ2) is 17.0. The Morgan fingerprint density at radius 3 is 1.47 bits per heavy atom. The normalized spacial score (nSPS) is 15.4. The molecule has 2 atom stereocenters. The minimum absolute atomic E-state index is 0.00896. The minimum atomic E-state index is -0.00896. The Morgan fingerprint density at radius 2 is 0.906 bits per heavy atom. The lowest BCUT2D eigenvalue weighted by Crippen LogP contribution is -2.40. The van der Waals surface area contributed by atoms with Crippen LogP contribution in [-0.4, -0.2) is 28.5 Å². The van der Waals surface area contributed by atoms with Gasteiger partial charge in [-0.05, 0) is 90.3 Å². The topological polar surface area (TPSA) is 64.9 Å². The summed E-state index contributed by atoms with van der Waals surface area (Å²) in [5, 5.41) is 37.5. The van der Waals surface area contributed by atoms with E-state index in [9.17, 15) is 10.2 Å². The molecule has 0 spiro atoms. The average Bonchev–Trinajstić information content (AvgIpc) is 3.35. The Bertz CT molecular complexity index is 3380. The fourth-order valence-corrected chi connectivity index (χ4v) is 10.2. The monoisotopic (exact) mass is 828 g/mol. The van der Waals surface area contributed by atoms with E-state index in [-0.39, 0.29) is 17.8 Å². The largest absolute Gasteiger partial charge is 0.507 e. The zero-order chi connectivity index (χ0) is 43.0. The molecule has 10 aromatic carbocycles. The van der Waals surface area contributed by atoms with Crippen LogP contribution >= 0.6 is 0 Å². The first-order chi connectivity index (χ1) is 31.6. The van der Waals surface area contributed by atoms with Gasteiger partial charge in [-0.25, -0.2) is 0 Å². The van der Waals surface area contributed by atoms with Crippen LogP contribution in [0.25, 0.3) is 87.6 Å². The first-order valence-corrected chi connectivity index (χ1v) is 22.5. The standard InChI is InChI=1S/C60H48N2O2/c63-59-45(35-43-23-9-13-27-49(43)57(59)55-47-25-11-7-21-41(47)31-33-51(55)39-17-3-1-4-18-39)37-61-53-29-15-16-30-54(53)62-38-46-36-44-24-10-14-28-50(44)58(60(46)64)56-48-26-12-8-22-42(48)32-34-52(56)40-19-5-2-6-20-40/h1-14,17-28,31-37,53-54,62-64H,15-16,29-30,38H2/t53-,54?/m1/s1. The first kappa shape index (κ1) is 39.3. The molecule has 0 heterocycles. The third-order valence-electron chi connectivity index (χ3n) is 13.4. The summed E-state index contributed by atoms with van der Waals surface area (Å²) in [6.45, 7) is 0.487. The van der Waals surface area contributed by atoms with Crippen LogP contribution in [0.4, 0.5) is 0 Å². The molecule has 1 fully saturated rings. The van der Waals surface area contributed by atoms with Gasteiger partial charge in [0.05, 0.1) is 6.04 Å². The minimum Gasteiger partial charge on any atom is -0.507 e. The second-order valence-corrected chi connectivity index (χ2v) is 17.2. The molecule has 64 heavy (non-hydrogen) atoms. The number of hydrogen-bond acceptors (Lipinski definition) is 4.